The summed E-state index contributed by atoms with van der Waals surface area (Å²) in [5.74, 6) is -0.0463. The van der Waals surface area contributed by atoms with E-state index in [1.807, 2.05) is 0 Å². The third-order valence-electron chi connectivity index (χ3n) is 0.806. The molecule has 0 aromatic carbocycles. The second kappa shape index (κ2) is 5.96. The molecular weight excluding hydrogens is 162 g/mol. The van der Waals surface area contributed by atoms with Crippen LogP contribution >= 0.6 is 0 Å². The van der Waals surface area contributed by atoms with Crippen LogP contribution in [0.5, 0.6) is 11.5 Å². The van der Waals surface area contributed by atoms with E-state index in [9.17, 15) is 0 Å². The lowest BCUT2D eigenvalue weighted by Crippen LogP contribution is -1.68. The highest BCUT2D eigenvalue weighted by atomic mass is 16.5. The zero-order chi connectivity index (χ0) is 9.40. The Kier molecular flexibility index (Phi) is 5.08. The smallest absolute Gasteiger partial charge is 0.292 e. The van der Waals surface area contributed by atoms with Crippen LogP contribution in [-0.4, -0.2) is 28.8 Å². The molecule has 1 aromatic heterocycles. The van der Waals surface area contributed by atoms with Crippen LogP contribution in [0.1, 0.15) is 0 Å². The first-order valence-corrected chi connectivity index (χ1v) is 3.00. The molecule has 0 aliphatic rings. The van der Waals surface area contributed by atoms with Crippen molar-refractivity contribution < 1.29 is 19.7 Å². The molecule has 1 heterocycles. The Balaban J connectivity index is 0.000000261. The first-order chi connectivity index (χ1) is 5.70. The highest BCUT2D eigenvalue weighted by Gasteiger charge is 1.86. The molecule has 0 saturated carbocycles. The van der Waals surface area contributed by atoms with Gasteiger partial charge in [-0.15, -0.1) is 0 Å². The van der Waals surface area contributed by atoms with Crippen molar-refractivity contribution in [3.63, 3.8) is 0 Å². The van der Waals surface area contributed by atoms with Crippen LogP contribution in [0.2, 0.25) is 0 Å². The van der Waals surface area contributed by atoms with Gasteiger partial charge in [0.1, 0.15) is 11.5 Å². The third kappa shape index (κ3) is 5.04. The standard InChI is InChI=1S/C5H5NO2.C2H4O2/c7-4-1-5(8)3-6-2-4;1-4-2-3/h1-3,7-8H;2H,1H3. The Bertz CT molecular complexity index is 221. The average molecular weight is 171 g/mol. The van der Waals surface area contributed by atoms with Crippen molar-refractivity contribution in [2.75, 3.05) is 7.11 Å². The summed E-state index contributed by atoms with van der Waals surface area (Å²) in [6, 6.07) is 1.22. The highest BCUT2D eigenvalue weighted by molar-refractivity contribution is 5.36. The molecule has 2 N–H and O–H groups in total. The molecular formula is C7H9NO4. The van der Waals surface area contributed by atoms with Gasteiger partial charge in [0.2, 0.25) is 0 Å². The monoisotopic (exact) mass is 171 g/mol. The lowest BCUT2D eigenvalue weighted by molar-refractivity contribution is -0.126. The van der Waals surface area contributed by atoms with Gasteiger partial charge < -0.3 is 14.9 Å². The van der Waals surface area contributed by atoms with Gasteiger partial charge in [-0.1, -0.05) is 0 Å². The van der Waals surface area contributed by atoms with Crippen molar-refractivity contribution in [3.05, 3.63) is 18.5 Å². The Morgan fingerprint density at radius 3 is 2.00 bits per heavy atom. The molecule has 5 heteroatoms. The van der Waals surface area contributed by atoms with E-state index in [0.717, 1.165) is 0 Å². The maximum atomic E-state index is 8.95. The number of hydrogen-bond acceptors (Lipinski definition) is 5. The van der Waals surface area contributed by atoms with Gasteiger partial charge in [-0.3, -0.25) is 9.78 Å². The van der Waals surface area contributed by atoms with Gasteiger partial charge in [0.15, 0.2) is 0 Å². The minimum absolute atomic E-state index is 0.0231. The summed E-state index contributed by atoms with van der Waals surface area (Å²) in [4.78, 5) is 12.4. The highest BCUT2D eigenvalue weighted by Crippen LogP contribution is 2.12. The third-order valence-corrected chi connectivity index (χ3v) is 0.806. The molecule has 0 fully saturated rings. The van der Waals surface area contributed by atoms with E-state index in [1.54, 1.807) is 0 Å². The summed E-state index contributed by atoms with van der Waals surface area (Å²) in [7, 11) is 1.31. The van der Waals surface area contributed by atoms with E-state index in [4.69, 9.17) is 15.0 Å². The normalized spacial score (nSPS) is 7.75. The number of aromatic hydroxyl groups is 2. The fraction of sp³-hybridized carbons (Fsp3) is 0.143. The van der Waals surface area contributed by atoms with Crippen LogP contribution in [0.3, 0.4) is 0 Å². The van der Waals surface area contributed by atoms with Crippen molar-refractivity contribution in [2.45, 2.75) is 0 Å². The van der Waals surface area contributed by atoms with E-state index >= 15 is 0 Å². The molecule has 66 valence electrons. The van der Waals surface area contributed by atoms with Crippen LogP contribution in [-0.2, 0) is 9.53 Å². The number of hydrogen-bond donors (Lipinski definition) is 2. The number of methoxy groups -OCH3 is 1. The van der Waals surface area contributed by atoms with Gasteiger partial charge in [-0.25, -0.2) is 0 Å². The zero-order valence-electron chi connectivity index (χ0n) is 6.47. The lowest BCUT2D eigenvalue weighted by Gasteiger charge is -1.88. The van der Waals surface area contributed by atoms with Gasteiger partial charge in [-0.2, -0.15) is 0 Å². The number of carbonyl (C=O) groups is 1. The van der Waals surface area contributed by atoms with Crippen LogP contribution in [0.25, 0.3) is 0 Å². The Morgan fingerprint density at radius 2 is 1.83 bits per heavy atom. The molecule has 0 unspecified atom stereocenters. The minimum Gasteiger partial charge on any atom is -0.506 e. The first-order valence-electron chi connectivity index (χ1n) is 3.00. The number of carbonyl (C=O) groups excluding carboxylic acids is 1. The Morgan fingerprint density at radius 1 is 1.42 bits per heavy atom. The first kappa shape index (κ1) is 10.2. The fourth-order valence-electron chi connectivity index (χ4n) is 0.416. The van der Waals surface area contributed by atoms with Crippen molar-refractivity contribution in [3.8, 4) is 11.5 Å². The average Bonchev–Trinajstić information content (AvgIpc) is 2.04. The number of nitrogens with zero attached hydrogens (tertiary/aromatic N) is 1. The van der Waals surface area contributed by atoms with Crippen molar-refractivity contribution in [1.29, 1.82) is 0 Å². The predicted octanol–water partition coefficient (Wildman–Crippen LogP) is 0.282. The number of pyridine rings is 1. The number of rotatable bonds is 1. The number of ether oxygens (including phenoxy) is 1. The van der Waals surface area contributed by atoms with Crippen LogP contribution in [0, 0.1) is 0 Å². The van der Waals surface area contributed by atoms with Crippen molar-refractivity contribution >= 4 is 6.47 Å². The van der Waals surface area contributed by atoms with Gasteiger partial charge >= 0.3 is 0 Å². The maximum absolute atomic E-state index is 8.95. The number of aromatic nitrogens is 1. The summed E-state index contributed by atoms with van der Waals surface area (Å²) in [5, 5.41) is 17.2. The van der Waals surface area contributed by atoms with E-state index in [0.29, 0.717) is 6.47 Å². The van der Waals surface area contributed by atoms with Crippen LogP contribution in [0.15, 0.2) is 18.5 Å². The molecule has 12 heavy (non-hydrogen) atoms. The predicted molar refractivity (Wildman–Crippen MR) is 40.6 cm³/mol. The van der Waals surface area contributed by atoms with E-state index < -0.39 is 0 Å². The van der Waals surface area contributed by atoms with Gasteiger partial charge in [-0.05, 0) is 0 Å². The lowest BCUT2D eigenvalue weighted by atomic mass is 10.4. The molecule has 0 aliphatic heterocycles. The Hall–Kier alpha value is -1.78. The molecule has 1 aromatic rings. The molecule has 0 amide bonds. The van der Waals surface area contributed by atoms with E-state index in [1.165, 1.54) is 25.6 Å². The largest absolute Gasteiger partial charge is 0.506 e. The maximum Gasteiger partial charge on any atom is 0.292 e. The van der Waals surface area contributed by atoms with Gasteiger partial charge in [0, 0.05) is 6.07 Å². The zero-order valence-corrected chi connectivity index (χ0v) is 6.47. The molecule has 0 bridgehead atoms. The Labute approximate surface area is 69.3 Å². The molecule has 5 nitrogen and oxygen atoms in total. The summed E-state index contributed by atoms with van der Waals surface area (Å²) >= 11 is 0. The van der Waals surface area contributed by atoms with Gasteiger partial charge in [0.25, 0.3) is 6.47 Å². The second-order valence-corrected chi connectivity index (χ2v) is 1.73. The molecule has 0 atom stereocenters. The van der Waals surface area contributed by atoms with E-state index in [-0.39, 0.29) is 11.5 Å². The van der Waals surface area contributed by atoms with Crippen molar-refractivity contribution in [2.24, 2.45) is 0 Å². The quantitative estimate of drug-likeness (QED) is 0.593. The van der Waals surface area contributed by atoms with Crippen molar-refractivity contribution in [1.82, 2.24) is 4.98 Å². The second-order valence-electron chi connectivity index (χ2n) is 1.73. The summed E-state index contributed by atoms with van der Waals surface area (Å²) in [5.41, 5.74) is 0. The summed E-state index contributed by atoms with van der Waals surface area (Å²) < 4.78 is 3.86. The molecule has 0 radical (unpaired) electrons. The summed E-state index contributed by atoms with van der Waals surface area (Å²) in [6.07, 6.45) is 2.50. The van der Waals surface area contributed by atoms with Gasteiger partial charge in [0.05, 0.1) is 19.5 Å². The molecule has 0 saturated heterocycles. The minimum atomic E-state index is -0.0231. The molecule has 0 spiro atoms. The molecule has 0 aliphatic carbocycles. The van der Waals surface area contributed by atoms with Crippen LogP contribution < -0.4 is 0 Å². The van der Waals surface area contributed by atoms with E-state index in [2.05, 4.69) is 9.72 Å². The van der Waals surface area contributed by atoms with Crippen LogP contribution in [0.4, 0.5) is 0 Å². The SMILES string of the molecule is COC=O.Oc1cncc(O)c1. The topological polar surface area (TPSA) is 79.7 Å². The molecule has 1 rings (SSSR count). The summed E-state index contributed by atoms with van der Waals surface area (Å²) in [6.45, 7) is 0.375. The fourth-order valence-corrected chi connectivity index (χ4v) is 0.416.